The third-order valence-electron chi connectivity index (χ3n) is 2.77. The maximum atomic E-state index is 12.0. The highest BCUT2D eigenvalue weighted by Gasteiger charge is 2.31. The van der Waals surface area contributed by atoms with Crippen molar-refractivity contribution in [3.8, 4) is 0 Å². The van der Waals surface area contributed by atoms with Crippen molar-refractivity contribution < 1.29 is 23.6 Å². The van der Waals surface area contributed by atoms with Gasteiger partial charge < -0.3 is 19.3 Å². The number of fused-ring (bicyclic) bond motifs is 1. The summed E-state index contributed by atoms with van der Waals surface area (Å²) in [5.74, 6) is -1.25. The SMILES string of the molecule is CCOC(=O)C(Nc1ncnc2onc(C)c12)C(=O)OCC. The zero-order valence-electron chi connectivity index (χ0n) is 12.5. The van der Waals surface area contributed by atoms with Crippen LogP contribution in [0.25, 0.3) is 11.1 Å². The van der Waals surface area contributed by atoms with Gasteiger partial charge in [-0.3, -0.25) is 0 Å². The smallest absolute Gasteiger partial charge is 0.340 e. The predicted octanol–water partition coefficient (Wildman–Crippen LogP) is 0.833. The second-order valence-electron chi connectivity index (χ2n) is 4.25. The molecule has 2 heterocycles. The third kappa shape index (κ3) is 3.13. The highest BCUT2D eigenvalue weighted by molar-refractivity contribution is 6.03. The molecular formula is C13H16N4O5. The number of esters is 2. The van der Waals surface area contributed by atoms with Crippen molar-refractivity contribution in [3.05, 3.63) is 12.0 Å². The molecule has 0 bridgehead atoms. The number of aromatic nitrogens is 3. The first kappa shape index (κ1) is 15.7. The molecule has 9 nitrogen and oxygen atoms in total. The summed E-state index contributed by atoms with van der Waals surface area (Å²) in [5.41, 5.74) is 0.783. The monoisotopic (exact) mass is 308 g/mol. The fourth-order valence-corrected chi connectivity index (χ4v) is 1.83. The van der Waals surface area contributed by atoms with Crippen LogP contribution < -0.4 is 5.32 Å². The lowest BCUT2D eigenvalue weighted by atomic mass is 10.2. The van der Waals surface area contributed by atoms with Crippen LogP contribution in [0, 0.1) is 6.92 Å². The molecule has 0 saturated heterocycles. The molecule has 118 valence electrons. The minimum Gasteiger partial charge on any atom is -0.464 e. The topological polar surface area (TPSA) is 116 Å². The molecule has 0 fully saturated rings. The molecule has 0 saturated carbocycles. The van der Waals surface area contributed by atoms with Gasteiger partial charge in [0.15, 0.2) is 0 Å². The number of ether oxygens (including phenoxy) is 2. The van der Waals surface area contributed by atoms with Crippen molar-refractivity contribution in [2.75, 3.05) is 18.5 Å². The number of hydrogen-bond donors (Lipinski definition) is 1. The molecule has 2 aromatic rings. The number of nitrogens with one attached hydrogen (secondary N) is 1. The van der Waals surface area contributed by atoms with Crippen LogP contribution in [0.1, 0.15) is 19.5 Å². The van der Waals surface area contributed by atoms with E-state index in [0.717, 1.165) is 0 Å². The van der Waals surface area contributed by atoms with E-state index in [1.165, 1.54) is 6.33 Å². The van der Waals surface area contributed by atoms with Gasteiger partial charge >= 0.3 is 11.9 Å². The lowest BCUT2D eigenvalue weighted by molar-refractivity contribution is -0.155. The Morgan fingerprint density at radius 2 is 1.86 bits per heavy atom. The average molecular weight is 308 g/mol. The van der Waals surface area contributed by atoms with E-state index in [4.69, 9.17) is 14.0 Å². The van der Waals surface area contributed by atoms with Crippen LogP contribution >= 0.6 is 0 Å². The van der Waals surface area contributed by atoms with Gasteiger partial charge in [0, 0.05) is 0 Å². The lowest BCUT2D eigenvalue weighted by Crippen LogP contribution is -2.40. The van der Waals surface area contributed by atoms with Gasteiger partial charge in [-0.1, -0.05) is 5.16 Å². The van der Waals surface area contributed by atoms with Crippen LogP contribution in [0.3, 0.4) is 0 Å². The zero-order valence-corrected chi connectivity index (χ0v) is 12.5. The summed E-state index contributed by atoms with van der Waals surface area (Å²) in [4.78, 5) is 31.9. The van der Waals surface area contributed by atoms with Crippen LogP contribution in [0.15, 0.2) is 10.9 Å². The second-order valence-corrected chi connectivity index (χ2v) is 4.25. The van der Waals surface area contributed by atoms with Crippen molar-refractivity contribution in [1.82, 2.24) is 15.1 Å². The summed E-state index contributed by atoms with van der Waals surface area (Å²) < 4.78 is 14.8. The summed E-state index contributed by atoms with van der Waals surface area (Å²) in [6.45, 7) is 5.27. The third-order valence-corrected chi connectivity index (χ3v) is 2.77. The highest BCUT2D eigenvalue weighted by atomic mass is 16.6. The molecule has 22 heavy (non-hydrogen) atoms. The quantitative estimate of drug-likeness (QED) is 0.611. The fraction of sp³-hybridized carbons (Fsp3) is 0.462. The number of anilines is 1. The number of carbonyl (C=O) groups is 2. The summed E-state index contributed by atoms with van der Waals surface area (Å²) >= 11 is 0. The summed E-state index contributed by atoms with van der Waals surface area (Å²) in [5, 5.41) is 6.98. The summed E-state index contributed by atoms with van der Waals surface area (Å²) in [6, 6.07) is -1.33. The van der Waals surface area contributed by atoms with Gasteiger partial charge in [0.25, 0.3) is 5.71 Å². The largest absolute Gasteiger partial charge is 0.464 e. The molecule has 0 amide bonds. The van der Waals surface area contributed by atoms with Crippen molar-refractivity contribution in [3.63, 3.8) is 0 Å². The lowest BCUT2D eigenvalue weighted by Gasteiger charge is -2.16. The van der Waals surface area contributed by atoms with Gasteiger partial charge in [-0.15, -0.1) is 0 Å². The van der Waals surface area contributed by atoms with E-state index >= 15 is 0 Å². The first-order chi connectivity index (χ1) is 10.6. The Labute approximate surface area is 126 Å². The van der Waals surface area contributed by atoms with E-state index in [1.54, 1.807) is 20.8 Å². The van der Waals surface area contributed by atoms with Gasteiger partial charge in [-0.25, -0.2) is 14.6 Å². The second kappa shape index (κ2) is 6.83. The molecule has 0 radical (unpaired) electrons. The fourth-order valence-electron chi connectivity index (χ4n) is 1.83. The Kier molecular flexibility index (Phi) is 4.87. The van der Waals surface area contributed by atoms with Crippen LogP contribution in [0.4, 0.5) is 5.82 Å². The van der Waals surface area contributed by atoms with Crippen molar-refractivity contribution in [2.24, 2.45) is 0 Å². The maximum absolute atomic E-state index is 12.0. The molecule has 0 atom stereocenters. The van der Waals surface area contributed by atoms with E-state index < -0.39 is 18.0 Å². The van der Waals surface area contributed by atoms with Crippen molar-refractivity contribution >= 4 is 28.9 Å². The summed E-state index contributed by atoms with van der Waals surface area (Å²) in [6.07, 6.45) is 1.24. The van der Waals surface area contributed by atoms with Crippen molar-refractivity contribution in [2.45, 2.75) is 26.8 Å². The Morgan fingerprint density at radius 1 is 1.23 bits per heavy atom. The maximum Gasteiger partial charge on any atom is 0.340 e. The molecule has 0 aromatic carbocycles. The number of nitrogens with zero attached hydrogens (tertiary/aromatic N) is 3. The van der Waals surface area contributed by atoms with E-state index in [9.17, 15) is 9.59 Å². The Morgan fingerprint density at radius 3 is 2.45 bits per heavy atom. The molecule has 0 aliphatic heterocycles. The van der Waals surface area contributed by atoms with E-state index in [0.29, 0.717) is 11.1 Å². The van der Waals surface area contributed by atoms with Gasteiger partial charge in [-0.2, -0.15) is 4.98 Å². The minimum absolute atomic E-state index is 0.141. The Balaban J connectivity index is 2.34. The predicted molar refractivity (Wildman–Crippen MR) is 75.0 cm³/mol. The van der Waals surface area contributed by atoms with Crippen molar-refractivity contribution in [1.29, 1.82) is 0 Å². The molecule has 0 unspecified atom stereocenters. The molecule has 1 N–H and O–H groups in total. The number of carbonyl (C=O) groups excluding carboxylic acids is 2. The molecule has 2 rings (SSSR count). The molecule has 9 heteroatoms. The van der Waals surface area contributed by atoms with E-state index in [2.05, 4.69) is 20.4 Å². The first-order valence-corrected chi connectivity index (χ1v) is 6.75. The van der Waals surface area contributed by atoms with Crippen LogP contribution in [-0.2, 0) is 19.1 Å². The standard InChI is InChI=1S/C13H16N4O5/c1-4-20-12(18)9(13(19)21-5-2)16-10-8-7(3)17-22-11(8)15-6-14-10/h6,9H,4-5H2,1-3H3,(H,14,15,16). The van der Waals surface area contributed by atoms with E-state index in [1.807, 2.05) is 0 Å². The molecular weight excluding hydrogens is 292 g/mol. The first-order valence-electron chi connectivity index (χ1n) is 6.75. The molecule has 0 aliphatic rings. The summed E-state index contributed by atoms with van der Waals surface area (Å²) in [7, 11) is 0. The van der Waals surface area contributed by atoms with E-state index in [-0.39, 0.29) is 24.7 Å². The van der Waals surface area contributed by atoms with Gasteiger partial charge in [0.05, 0.1) is 18.9 Å². The number of aryl methyl sites for hydroxylation is 1. The Hall–Kier alpha value is -2.71. The van der Waals surface area contributed by atoms with Crippen LogP contribution in [0.5, 0.6) is 0 Å². The van der Waals surface area contributed by atoms with Gasteiger partial charge in [0.2, 0.25) is 6.04 Å². The molecule has 0 aliphatic carbocycles. The molecule has 2 aromatic heterocycles. The van der Waals surface area contributed by atoms with Crippen LogP contribution in [-0.4, -0.2) is 46.3 Å². The molecule has 0 spiro atoms. The number of hydrogen-bond acceptors (Lipinski definition) is 9. The van der Waals surface area contributed by atoms with Crippen LogP contribution in [0.2, 0.25) is 0 Å². The minimum atomic E-state index is -1.33. The Bertz CT molecular complexity index is 666. The van der Waals surface area contributed by atoms with Gasteiger partial charge in [-0.05, 0) is 20.8 Å². The normalized spacial score (nSPS) is 10.7. The van der Waals surface area contributed by atoms with Gasteiger partial charge in [0.1, 0.15) is 17.5 Å². The highest BCUT2D eigenvalue weighted by Crippen LogP contribution is 2.23. The average Bonchev–Trinajstić information content (AvgIpc) is 2.87. The number of rotatable bonds is 6. The zero-order chi connectivity index (χ0) is 16.1.